The lowest BCUT2D eigenvalue weighted by Crippen LogP contribution is -2.44. The van der Waals surface area contributed by atoms with Crippen LogP contribution in [0.2, 0.25) is 0 Å². The third-order valence-corrected chi connectivity index (χ3v) is 7.28. The van der Waals surface area contributed by atoms with E-state index in [9.17, 15) is 4.79 Å². The average Bonchev–Trinajstić information content (AvgIpc) is 3.21. The van der Waals surface area contributed by atoms with Crippen LogP contribution < -0.4 is 5.32 Å². The molecule has 1 saturated carbocycles. The lowest BCUT2D eigenvalue weighted by molar-refractivity contribution is -0.162. The highest BCUT2D eigenvalue weighted by Crippen LogP contribution is 2.46. The fourth-order valence-electron chi connectivity index (χ4n) is 5.78. The van der Waals surface area contributed by atoms with Crippen molar-refractivity contribution in [3.63, 3.8) is 0 Å². The van der Waals surface area contributed by atoms with Crippen LogP contribution >= 0.6 is 0 Å². The maximum absolute atomic E-state index is 12.9. The highest BCUT2D eigenvalue weighted by Gasteiger charge is 2.40. The molecule has 1 aliphatic heterocycles. The molecule has 2 N–H and O–H groups in total. The summed E-state index contributed by atoms with van der Waals surface area (Å²) in [5.74, 6) is 0.368. The minimum atomic E-state index is -0.359. The zero-order chi connectivity index (χ0) is 24.7. The summed E-state index contributed by atoms with van der Waals surface area (Å²) in [6.45, 7) is 13.3. The van der Waals surface area contributed by atoms with Crippen molar-refractivity contribution in [2.75, 3.05) is 5.32 Å². The van der Waals surface area contributed by atoms with E-state index in [1.54, 1.807) is 0 Å². The van der Waals surface area contributed by atoms with Crippen LogP contribution in [-0.2, 0) is 4.74 Å². The van der Waals surface area contributed by atoms with E-state index in [0.29, 0.717) is 17.3 Å². The van der Waals surface area contributed by atoms with Crippen molar-refractivity contribution in [2.24, 2.45) is 5.41 Å². The van der Waals surface area contributed by atoms with Crippen molar-refractivity contribution in [3.05, 3.63) is 41.2 Å². The number of imidazole rings is 1. The predicted molar refractivity (Wildman–Crippen MR) is 132 cm³/mol. The van der Waals surface area contributed by atoms with Crippen LogP contribution in [0.1, 0.15) is 120 Å². The Morgan fingerprint density at radius 2 is 1.74 bits per heavy atom. The van der Waals surface area contributed by atoms with E-state index in [4.69, 9.17) is 15.0 Å². The molecule has 34 heavy (non-hydrogen) atoms. The molecule has 3 heterocycles. The number of carbonyl (C=O) groups excluding carboxylic acids is 1. The van der Waals surface area contributed by atoms with E-state index in [-0.39, 0.29) is 28.6 Å². The van der Waals surface area contributed by atoms with Gasteiger partial charge in [-0.05, 0) is 83.8 Å². The fourth-order valence-corrected chi connectivity index (χ4v) is 5.78. The molecule has 0 radical (unpaired) electrons. The summed E-state index contributed by atoms with van der Waals surface area (Å²) in [4.78, 5) is 24.9. The molecule has 0 bridgehead atoms. The summed E-state index contributed by atoms with van der Waals surface area (Å²) >= 11 is 0. The number of pyridine rings is 1. The normalized spacial score (nSPS) is 22.1. The number of rotatable bonds is 4. The molecule has 4 rings (SSSR count). The van der Waals surface area contributed by atoms with E-state index < -0.39 is 0 Å². The van der Waals surface area contributed by atoms with Crippen molar-refractivity contribution in [3.8, 4) is 6.07 Å². The van der Waals surface area contributed by atoms with Gasteiger partial charge in [0.2, 0.25) is 0 Å². The second-order valence-corrected chi connectivity index (χ2v) is 12.0. The van der Waals surface area contributed by atoms with Gasteiger partial charge in [0.15, 0.2) is 5.82 Å². The molecule has 1 saturated heterocycles. The summed E-state index contributed by atoms with van der Waals surface area (Å²) in [6.07, 6.45) is 7.57. The highest BCUT2D eigenvalue weighted by molar-refractivity contribution is 6.02. The van der Waals surface area contributed by atoms with Crippen molar-refractivity contribution in [2.45, 2.75) is 103 Å². The van der Waals surface area contributed by atoms with E-state index in [1.807, 2.05) is 12.1 Å². The van der Waals surface area contributed by atoms with Gasteiger partial charge in [0.1, 0.15) is 11.8 Å². The lowest BCUT2D eigenvalue weighted by atomic mass is 9.72. The van der Waals surface area contributed by atoms with Gasteiger partial charge < -0.3 is 15.0 Å². The molecular weight excluding hydrogens is 426 g/mol. The first-order chi connectivity index (χ1) is 15.9. The first-order valence-corrected chi connectivity index (χ1v) is 12.3. The van der Waals surface area contributed by atoms with Gasteiger partial charge >= 0.3 is 0 Å². The maximum Gasteiger partial charge on any atom is 0.291 e. The van der Waals surface area contributed by atoms with Gasteiger partial charge in [-0.2, -0.15) is 5.26 Å². The number of nitrogens with one attached hydrogen (secondary N) is 2. The van der Waals surface area contributed by atoms with Crippen LogP contribution in [0.5, 0.6) is 0 Å². The summed E-state index contributed by atoms with van der Waals surface area (Å²) in [5, 5.41) is 12.1. The van der Waals surface area contributed by atoms with Crippen LogP contribution in [0.3, 0.4) is 0 Å². The number of hydrogen-bond acceptors (Lipinski definition) is 5. The summed E-state index contributed by atoms with van der Waals surface area (Å²) in [6, 6.07) is 6.02. The second kappa shape index (κ2) is 8.81. The smallest absolute Gasteiger partial charge is 0.291 e. The van der Waals surface area contributed by atoms with E-state index in [1.165, 1.54) is 6.20 Å². The van der Waals surface area contributed by atoms with Crippen molar-refractivity contribution in [1.82, 2.24) is 15.0 Å². The maximum atomic E-state index is 12.9. The van der Waals surface area contributed by atoms with E-state index in [2.05, 4.69) is 62.9 Å². The number of nitrogens with zero attached hydrogens (tertiary/aromatic N) is 3. The van der Waals surface area contributed by atoms with Gasteiger partial charge in [-0.3, -0.25) is 9.78 Å². The number of nitriles is 1. The Morgan fingerprint density at radius 3 is 2.32 bits per heavy atom. The summed E-state index contributed by atoms with van der Waals surface area (Å²) in [5.41, 5.74) is 2.95. The Labute approximate surface area is 202 Å². The number of amides is 1. The Bertz CT molecular complexity index is 1080. The second-order valence-electron chi connectivity index (χ2n) is 12.0. The van der Waals surface area contributed by atoms with E-state index in [0.717, 1.165) is 55.6 Å². The molecule has 2 fully saturated rings. The monoisotopic (exact) mass is 463 g/mol. The summed E-state index contributed by atoms with van der Waals surface area (Å²) in [7, 11) is 0. The Balaban J connectivity index is 1.66. The van der Waals surface area contributed by atoms with Gasteiger partial charge in [-0.25, -0.2) is 4.98 Å². The highest BCUT2D eigenvalue weighted by atomic mass is 16.5. The van der Waals surface area contributed by atoms with Crippen molar-refractivity contribution < 1.29 is 9.53 Å². The number of carbonyl (C=O) groups is 1. The molecule has 0 spiro atoms. The fraction of sp³-hybridized carbons (Fsp3) is 0.630. The number of aromatic nitrogens is 3. The number of aromatic amines is 1. The van der Waals surface area contributed by atoms with Crippen LogP contribution in [0.15, 0.2) is 18.3 Å². The van der Waals surface area contributed by atoms with Gasteiger partial charge in [0.05, 0.1) is 28.8 Å². The number of anilines is 1. The lowest BCUT2D eigenvalue weighted by Gasteiger charge is -2.45. The largest absolute Gasteiger partial charge is 0.370 e. The Hall–Kier alpha value is -2.72. The third kappa shape index (κ3) is 5.50. The molecule has 2 aromatic heterocycles. The first kappa shape index (κ1) is 24.4. The molecule has 2 aromatic rings. The predicted octanol–water partition coefficient (Wildman–Crippen LogP) is 6.06. The van der Waals surface area contributed by atoms with Gasteiger partial charge in [0.25, 0.3) is 5.91 Å². The summed E-state index contributed by atoms with van der Waals surface area (Å²) < 4.78 is 6.30. The molecular formula is C27H37N5O2. The average molecular weight is 464 g/mol. The van der Waals surface area contributed by atoms with Gasteiger partial charge in [-0.15, -0.1) is 0 Å². The molecule has 0 aromatic carbocycles. The zero-order valence-electron chi connectivity index (χ0n) is 21.3. The van der Waals surface area contributed by atoms with Crippen LogP contribution in [0.4, 0.5) is 5.69 Å². The number of ether oxygens (including phenoxy) is 1. The number of H-pyrrole nitrogens is 1. The zero-order valence-corrected chi connectivity index (χ0v) is 21.3. The molecule has 7 nitrogen and oxygen atoms in total. The minimum Gasteiger partial charge on any atom is -0.370 e. The molecule has 1 amide bonds. The first-order valence-electron chi connectivity index (χ1n) is 12.3. The molecule has 182 valence electrons. The van der Waals surface area contributed by atoms with Crippen LogP contribution in [0.25, 0.3) is 0 Å². The molecule has 0 atom stereocenters. The topological polar surface area (TPSA) is 104 Å². The van der Waals surface area contributed by atoms with Crippen molar-refractivity contribution >= 4 is 11.6 Å². The molecule has 1 aliphatic carbocycles. The third-order valence-electron chi connectivity index (χ3n) is 7.28. The molecule has 2 aliphatic rings. The van der Waals surface area contributed by atoms with Gasteiger partial charge in [0, 0.05) is 17.5 Å². The van der Waals surface area contributed by atoms with Crippen LogP contribution in [0, 0.1) is 16.7 Å². The molecule has 0 unspecified atom stereocenters. The van der Waals surface area contributed by atoms with Crippen LogP contribution in [-0.4, -0.2) is 32.1 Å². The quantitative estimate of drug-likeness (QED) is 0.573. The SMILES string of the molecule is CC1(C)CCC(c2nc(C3CC(C)(C)OC(C)(C)C3)ccc2NC(=O)c2ncc(C#N)[nH]2)CC1. The Morgan fingerprint density at radius 1 is 1.09 bits per heavy atom. The Kier molecular flexibility index (Phi) is 6.32. The standard InChI is InChI=1S/C27H37N5O2/c1-25(2)11-9-17(10-12-25)22-21(32-24(33)23-29-16-19(15-28)30-23)8-7-20(31-22)18-13-26(3,4)34-27(5,6)14-18/h7-8,16-18H,9-14H2,1-6H3,(H,29,30)(H,32,33). The van der Waals surface area contributed by atoms with Gasteiger partial charge in [-0.1, -0.05) is 13.8 Å². The van der Waals surface area contributed by atoms with E-state index >= 15 is 0 Å². The minimum absolute atomic E-state index is 0.129. The number of hydrogen-bond donors (Lipinski definition) is 2. The molecule has 7 heteroatoms. The van der Waals surface area contributed by atoms with Crippen molar-refractivity contribution in [1.29, 1.82) is 5.26 Å².